The lowest BCUT2D eigenvalue weighted by atomic mass is 10.2. The predicted octanol–water partition coefficient (Wildman–Crippen LogP) is 3.51. The maximum atomic E-state index is 12.3. The zero-order valence-corrected chi connectivity index (χ0v) is 19.1. The van der Waals surface area contributed by atoms with Crippen molar-refractivity contribution in [2.75, 3.05) is 26.7 Å². The second-order valence-corrected chi connectivity index (χ2v) is 7.03. The molecule has 2 aromatic rings. The maximum Gasteiger partial charge on any atom is 0.224 e. The number of halogens is 1. The summed E-state index contributed by atoms with van der Waals surface area (Å²) >= 11 is 1.75. The molecule has 2 rings (SSSR count). The van der Waals surface area contributed by atoms with E-state index >= 15 is 0 Å². The van der Waals surface area contributed by atoms with Crippen LogP contribution in [-0.2, 0) is 17.8 Å². The molecule has 0 fully saturated rings. The number of carbonyl (C=O) groups is 1. The fourth-order valence-electron chi connectivity index (χ4n) is 2.50. The van der Waals surface area contributed by atoms with Crippen LogP contribution in [0.15, 0.2) is 52.8 Å². The van der Waals surface area contributed by atoms with Gasteiger partial charge < -0.3 is 15.5 Å². The summed E-state index contributed by atoms with van der Waals surface area (Å²) in [7, 11) is 1.84. The van der Waals surface area contributed by atoms with Gasteiger partial charge in [0.15, 0.2) is 5.96 Å². The third kappa shape index (κ3) is 9.23. The van der Waals surface area contributed by atoms with E-state index in [1.54, 1.807) is 16.2 Å². The van der Waals surface area contributed by atoms with Crippen LogP contribution in [-0.4, -0.2) is 43.4 Å². The van der Waals surface area contributed by atoms with Gasteiger partial charge in [0.1, 0.15) is 0 Å². The first-order valence-corrected chi connectivity index (χ1v) is 9.89. The molecular weight excluding hydrogens is 471 g/mol. The van der Waals surface area contributed by atoms with Gasteiger partial charge >= 0.3 is 0 Å². The number of amides is 1. The van der Waals surface area contributed by atoms with E-state index in [1.807, 2.05) is 44.3 Å². The van der Waals surface area contributed by atoms with Crippen molar-refractivity contribution in [3.05, 3.63) is 58.3 Å². The minimum absolute atomic E-state index is 0. The van der Waals surface area contributed by atoms with Gasteiger partial charge in [-0.3, -0.25) is 9.79 Å². The number of nitrogens with zero attached hydrogens (tertiary/aromatic N) is 2. The van der Waals surface area contributed by atoms with Gasteiger partial charge in [0.05, 0.1) is 0 Å². The van der Waals surface area contributed by atoms with Gasteiger partial charge in [0, 0.05) is 50.9 Å². The summed E-state index contributed by atoms with van der Waals surface area (Å²) in [5.74, 6) is 0.887. The average Bonchev–Trinajstić information content (AvgIpc) is 3.16. The van der Waals surface area contributed by atoms with Gasteiger partial charge in [-0.25, -0.2) is 0 Å². The number of benzene rings is 1. The van der Waals surface area contributed by atoms with E-state index in [0.717, 1.165) is 31.0 Å². The highest BCUT2D eigenvalue weighted by Crippen LogP contribution is 2.08. The summed E-state index contributed by atoms with van der Waals surface area (Å²) in [6.07, 6.45) is 1.38. The normalized spacial score (nSPS) is 10.8. The summed E-state index contributed by atoms with van der Waals surface area (Å²) in [4.78, 5) is 20.0. The molecule has 27 heavy (non-hydrogen) atoms. The largest absolute Gasteiger partial charge is 0.357 e. The Morgan fingerprint density at radius 3 is 2.59 bits per heavy atom. The molecule has 1 aromatic carbocycles. The number of carbonyl (C=O) groups excluding carboxylic acids is 1. The topological polar surface area (TPSA) is 56.7 Å². The highest BCUT2D eigenvalue weighted by Gasteiger charge is 2.09. The van der Waals surface area contributed by atoms with E-state index in [1.165, 1.54) is 4.88 Å². The third-order valence-electron chi connectivity index (χ3n) is 3.87. The van der Waals surface area contributed by atoms with Crippen LogP contribution in [0.5, 0.6) is 0 Å². The zero-order valence-electron chi connectivity index (χ0n) is 16.0. The van der Waals surface area contributed by atoms with Crippen LogP contribution < -0.4 is 10.6 Å². The zero-order chi connectivity index (χ0) is 18.6. The van der Waals surface area contributed by atoms with Crippen LogP contribution >= 0.6 is 35.3 Å². The van der Waals surface area contributed by atoms with Crippen LogP contribution in [0.25, 0.3) is 0 Å². The lowest BCUT2D eigenvalue weighted by Gasteiger charge is -2.18. The molecule has 0 spiro atoms. The number of guanidine groups is 1. The number of nitrogens with one attached hydrogen (secondary N) is 2. The Labute approximate surface area is 183 Å². The summed E-state index contributed by atoms with van der Waals surface area (Å²) in [6.45, 7) is 4.77. The summed E-state index contributed by atoms with van der Waals surface area (Å²) in [5, 5.41) is 8.55. The number of hydrogen-bond donors (Lipinski definition) is 2. The second-order valence-electron chi connectivity index (χ2n) is 6.00. The number of hydrogen-bond acceptors (Lipinski definition) is 3. The standard InChI is InChI=1S/C20H28N4OS.HI/c1-3-21-20(22-13-11-18-10-7-15-26-18)23-14-12-19(25)24(2)16-17-8-5-4-6-9-17;/h4-10,15H,3,11-14,16H2,1-2H3,(H2,21,22,23);1H. The molecule has 148 valence electrons. The first-order valence-electron chi connectivity index (χ1n) is 9.01. The average molecular weight is 500 g/mol. The van der Waals surface area contributed by atoms with Crippen molar-refractivity contribution < 1.29 is 4.79 Å². The van der Waals surface area contributed by atoms with Crippen molar-refractivity contribution in [2.45, 2.75) is 26.3 Å². The summed E-state index contributed by atoms with van der Waals surface area (Å²) < 4.78 is 0. The Balaban J connectivity index is 0.00000364. The van der Waals surface area contributed by atoms with E-state index in [9.17, 15) is 4.79 Å². The Morgan fingerprint density at radius 2 is 1.93 bits per heavy atom. The minimum atomic E-state index is 0. The monoisotopic (exact) mass is 500 g/mol. The molecule has 0 unspecified atom stereocenters. The van der Waals surface area contributed by atoms with Crippen molar-refractivity contribution in [3.63, 3.8) is 0 Å². The molecule has 0 aliphatic rings. The minimum Gasteiger partial charge on any atom is -0.357 e. The number of thiophene rings is 1. The number of rotatable bonds is 9. The van der Waals surface area contributed by atoms with Gasteiger partial charge in [0.25, 0.3) is 0 Å². The molecule has 0 aliphatic carbocycles. The van der Waals surface area contributed by atoms with Gasteiger partial charge in [-0.2, -0.15) is 0 Å². The predicted molar refractivity (Wildman–Crippen MR) is 125 cm³/mol. The van der Waals surface area contributed by atoms with E-state index in [-0.39, 0.29) is 29.9 Å². The first-order chi connectivity index (χ1) is 12.7. The Morgan fingerprint density at radius 1 is 1.15 bits per heavy atom. The fraction of sp³-hybridized carbons (Fsp3) is 0.400. The molecule has 5 nitrogen and oxygen atoms in total. The van der Waals surface area contributed by atoms with Crippen molar-refractivity contribution in [3.8, 4) is 0 Å². The molecule has 1 heterocycles. The smallest absolute Gasteiger partial charge is 0.224 e. The van der Waals surface area contributed by atoms with Gasteiger partial charge in [-0.15, -0.1) is 35.3 Å². The molecule has 7 heteroatoms. The maximum absolute atomic E-state index is 12.3. The molecule has 0 bridgehead atoms. The highest BCUT2D eigenvalue weighted by atomic mass is 127. The molecule has 2 N–H and O–H groups in total. The van der Waals surface area contributed by atoms with Crippen LogP contribution in [0.3, 0.4) is 0 Å². The van der Waals surface area contributed by atoms with Crippen molar-refractivity contribution in [1.82, 2.24) is 15.5 Å². The SMILES string of the molecule is CCNC(=NCCc1cccs1)NCCC(=O)N(C)Cc1ccccc1.I. The van der Waals surface area contributed by atoms with Gasteiger partial charge in [0.2, 0.25) is 5.91 Å². The lowest BCUT2D eigenvalue weighted by Crippen LogP contribution is -2.39. The Bertz CT molecular complexity index is 677. The molecule has 0 atom stereocenters. The van der Waals surface area contributed by atoms with E-state index in [2.05, 4.69) is 33.1 Å². The number of aliphatic imine (C=N–C) groups is 1. The quantitative estimate of drug-likeness (QED) is 0.315. The molecule has 0 aliphatic heterocycles. The second kappa shape index (κ2) is 13.5. The van der Waals surface area contributed by atoms with Crippen molar-refractivity contribution in [1.29, 1.82) is 0 Å². The van der Waals surface area contributed by atoms with Crippen LogP contribution in [0, 0.1) is 0 Å². The molecule has 0 radical (unpaired) electrons. The molecule has 1 amide bonds. The Kier molecular flexibility index (Phi) is 11.8. The van der Waals surface area contributed by atoms with Crippen LogP contribution in [0.4, 0.5) is 0 Å². The van der Waals surface area contributed by atoms with Gasteiger partial charge in [-0.05, 0) is 23.9 Å². The van der Waals surface area contributed by atoms with Crippen molar-refractivity contribution >= 4 is 47.2 Å². The highest BCUT2D eigenvalue weighted by molar-refractivity contribution is 14.0. The van der Waals surface area contributed by atoms with E-state index < -0.39 is 0 Å². The fourth-order valence-corrected chi connectivity index (χ4v) is 3.20. The van der Waals surface area contributed by atoms with Crippen molar-refractivity contribution in [2.24, 2.45) is 4.99 Å². The van der Waals surface area contributed by atoms with E-state index in [4.69, 9.17) is 0 Å². The van der Waals surface area contributed by atoms with E-state index in [0.29, 0.717) is 19.5 Å². The summed E-state index contributed by atoms with van der Waals surface area (Å²) in [6, 6.07) is 14.2. The third-order valence-corrected chi connectivity index (χ3v) is 4.81. The molecule has 0 saturated carbocycles. The van der Waals surface area contributed by atoms with Crippen LogP contribution in [0.1, 0.15) is 23.8 Å². The molecule has 0 saturated heterocycles. The molecular formula is C20H29IN4OS. The van der Waals surface area contributed by atoms with Gasteiger partial charge in [-0.1, -0.05) is 36.4 Å². The van der Waals surface area contributed by atoms with Crippen LogP contribution in [0.2, 0.25) is 0 Å². The summed E-state index contributed by atoms with van der Waals surface area (Å²) in [5.41, 5.74) is 1.14. The first kappa shape index (κ1) is 23.4. The Hall–Kier alpha value is -1.61. The molecule has 1 aromatic heterocycles. The lowest BCUT2D eigenvalue weighted by molar-refractivity contribution is -0.130.